The van der Waals surface area contributed by atoms with Crippen molar-refractivity contribution < 1.29 is 0 Å². The molecule has 3 rings (SSSR count). The smallest absolute Gasteiger partial charge is 0.0929 e. The second-order valence-electron chi connectivity index (χ2n) is 5.17. The van der Waals surface area contributed by atoms with Gasteiger partial charge in [0, 0.05) is 5.56 Å². The van der Waals surface area contributed by atoms with Crippen LogP contribution >= 0.6 is 0 Å². The van der Waals surface area contributed by atoms with E-state index in [1.165, 1.54) is 12.8 Å². The van der Waals surface area contributed by atoms with Gasteiger partial charge in [0.1, 0.15) is 0 Å². The van der Waals surface area contributed by atoms with E-state index in [2.05, 4.69) is 39.8 Å². The van der Waals surface area contributed by atoms with Crippen LogP contribution in [0.3, 0.4) is 0 Å². The molecule has 0 aliphatic carbocycles. The molecule has 1 fully saturated rings. The molecule has 0 radical (unpaired) electrons. The Morgan fingerprint density at radius 2 is 1.74 bits per heavy atom. The van der Waals surface area contributed by atoms with Gasteiger partial charge in [-0.25, -0.2) is 0 Å². The van der Waals surface area contributed by atoms with Gasteiger partial charge in [0.2, 0.25) is 0 Å². The Hall–Kier alpha value is -1.74. The van der Waals surface area contributed by atoms with Crippen molar-refractivity contribution in [2.45, 2.75) is 19.3 Å². The van der Waals surface area contributed by atoms with Crippen molar-refractivity contribution in [1.29, 1.82) is 0 Å². The molecule has 1 aromatic carbocycles. The maximum absolute atomic E-state index is 4.38. The van der Waals surface area contributed by atoms with Crippen LogP contribution in [0.25, 0.3) is 11.3 Å². The van der Waals surface area contributed by atoms with E-state index >= 15 is 0 Å². The first-order valence-corrected chi connectivity index (χ1v) is 7.00. The number of aromatic nitrogens is 2. The second-order valence-corrected chi connectivity index (χ2v) is 5.17. The molecule has 3 nitrogen and oxygen atoms in total. The number of benzene rings is 1. The first kappa shape index (κ1) is 12.3. The van der Waals surface area contributed by atoms with Gasteiger partial charge in [-0.1, -0.05) is 30.3 Å². The number of hydrogen-bond donors (Lipinski definition) is 1. The number of hydrogen-bond acceptors (Lipinski definition) is 3. The molecule has 2 heterocycles. The van der Waals surface area contributed by atoms with Gasteiger partial charge in [-0.3, -0.25) is 0 Å². The van der Waals surface area contributed by atoms with Gasteiger partial charge in [-0.05, 0) is 50.4 Å². The summed E-state index contributed by atoms with van der Waals surface area (Å²) in [6.07, 6.45) is 3.56. The van der Waals surface area contributed by atoms with Crippen LogP contribution in [0, 0.1) is 5.92 Å². The Morgan fingerprint density at radius 1 is 0.947 bits per heavy atom. The highest BCUT2D eigenvalue weighted by Crippen LogP contribution is 2.19. The van der Waals surface area contributed by atoms with Crippen LogP contribution in [-0.4, -0.2) is 23.3 Å². The van der Waals surface area contributed by atoms with Gasteiger partial charge in [0.15, 0.2) is 0 Å². The lowest BCUT2D eigenvalue weighted by Crippen LogP contribution is -2.28. The largest absolute Gasteiger partial charge is 0.317 e. The highest BCUT2D eigenvalue weighted by atomic mass is 15.1. The zero-order valence-electron chi connectivity index (χ0n) is 11.0. The van der Waals surface area contributed by atoms with E-state index in [1.807, 2.05) is 18.2 Å². The summed E-state index contributed by atoms with van der Waals surface area (Å²) >= 11 is 0. The average molecular weight is 253 g/mol. The molecule has 1 saturated heterocycles. The van der Waals surface area contributed by atoms with Crippen LogP contribution in [0.15, 0.2) is 42.5 Å². The maximum Gasteiger partial charge on any atom is 0.0929 e. The first-order valence-electron chi connectivity index (χ1n) is 7.00. The Labute approximate surface area is 114 Å². The van der Waals surface area contributed by atoms with Crippen molar-refractivity contribution in [1.82, 2.24) is 15.5 Å². The summed E-state index contributed by atoms with van der Waals surface area (Å²) in [5.41, 5.74) is 3.20. The molecule has 1 aromatic heterocycles. The Bertz CT molecular complexity index is 501. The molecule has 98 valence electrons. The topological polar surface area (TPSA) is 37.8 Å². The Balaban J connectivity index is 1.68. The molecule has 3 heteroatoms. The van der Waals surface area contributed by atoms with Gasteiger partial charge < -0.3 is 5.32 Å². The van der Waals surface area contributed by atoms with E-state index in [-0.39, 0.29) is 0 Å². The molecule has 0 amide bonds. The van der Waals surface area contributed by atoms with Crippen LogP contribution in [0.5, 0.6) is 0 Å². The predicted octanol–water partition coefficient (Wildman–Crippen LogP) is 2.69. The number of nitrogens with zero attached hydrogens (tertiary/aromatic N) is 2. The van der Waals surface area contributed by atoms with E-state index in [4.69, 9.17) is 0 Å². The molecule has 0 unspecified atom stereocenters. The zero-order valence-corrected chi connectivity index (χ0v) is 11.0. The molecule has 0 bridgehead atoms. The van der Waals surface area contributed by atoms with Crippen molar-refractivity contribution >= 4 is 0 Å². The SMILES string of the molecule is c1ccc(-c2ccc(CC3CCNCC3)nn2)cc1. The van der Waals surface area contributed by atoms with Gasteiger partial charge in [0.05, 0.1) is 11.4 Å². The van der Waals surface area contributed by atoms with Crippen LogP contribution in [0.2, 0.25) is 0 Å². The van der Waals surface area contributed by atoms with E-state index in [9.17, 15) is 0 Å². The molecule has 2 aromatic rings. The van der Waals surface area contributed by atoms with Crippen LogP contribution in [0.4, 0.5) is 0 Å². The maximum atomic E-state index is 4.38. The third-order valence-electron chi connectivity index (χ3n) is 3.75. The molecule has 0 saturated carbocycles. The molecule has 1 N–H and O–H groups in total. The lowest BCUT2D eigenvalue weighted by Gasteiger charge is -2.21. The predicted molar refractivity (Wildman–Crippen MR) is 76.8 cm³/mol. The fraction of sp³-hybridized carbons (Fsp3) is 0.375. The van der Waals surface area contributed by atoms with Crippen LogP contribution in [0.1, 0.15) is 18.5 Å². The summed E-state index contributed by atoms with van der Waals surface area (Å²) < 4.78 is 0. The normalized spacial score (nSPS) is 16.4. The summed E-state index contributed by atoms with van der Waals surface area (Å²) in [6.45, 7) is 2.28. The minimum atomic E-state index is 0.762. The molecule has 1 aliphatic rings. The Morgan fingerprint density at radius 3 is 2.42 bits per heavy atom. The van der Waals surface area contributed by atoms with Crippen molar-refractivity contribution in [3.05, 3.63) is 48.2 Å². The lowest BCUT2D eigenvalue weighted by atomic mass is 9.93. The number of nitrogens with one attached hydrogen (secondary N) is 1. The highest BCUT2D eigenvalue weighted by molar-refractivity contribution is 5.57. The van der Waals surface area contributed by atoms with Gasteiger partial charge in [-0.15, -0.1) is 0 Å². The summed E-state index contributed by atoms with van der Waals surface area (Å²) in [6, 6.07) is 14.4. The van der Waals surface area contributed by atoms with Crippen LogP contribution in [-0.2, 0) is 6.42 Å². The first-order chi connectivity index (χ1) is 9.42. The van der Waals surface area contributed by atoms with Crippen molar-refractivity contribution in [3.63, 3.8) is 0 Å². The number of rotatable bonds is 3. The van der Waals surface area contributed by atoms with Gasteiger partial charge in [-0.2, -0.15) is 10.2 Å². The fourth-order valence-corrected chi connectivity index (χ4v) is 2.61. The molecule has 19 heavy (non-hydrogen) atoms. The molecule has 1 aliphatic heterocycles. The highest BCUT2D eigenvalue weighted by Gasteiger charge is 2.14. The Kier molecular flexibility index (Phi) is 3.84. The minimum Gasteiger partial charge on any atom is -0.317 e. The fourth-order valence-electron chi connectivity index (χ4n) is 2.61. The third-order valence-corrected chi connectivity index (χ3v) is 3.75. The summed E-state index contributed by atoms with van der Waals surface area (Å²) in [5.74, 6) is 0.762. The summed E-state index contributed by atoms with van der Waals surface area (Å²) in [5, 5.41) is 12.1. The lowest BCUT2D eigenvalue weighted by molar-refractivity contribution is 0.369. The molecule has 0 spiro atoms. The zero-order chi connectivity index (χ0) is 12.9. The molecule has 0 atom stereocenters. The average Bonchev–Trinajstić information content (AvgIpc) is 2.50. The van der Waals surface area contributed by atoms with Gasteiger partial charge in [0.25, 0.3) is 0 Å². The summed E-state index contributed by atoms with van der Waals surface area (Å²) in [7, 11) is 0. The van der Waals surface area contributed by atoms with Crippen molar-refractivity contribution in [2.75, 3.05) is 13.1 Å². The molecular weight excluding hydrogens is 234 g/mol. The third kappa shape index (κ3) is 3.18. The van der Waals surface area contributed by atoms with E-state index < -0.39 is 0 Å². The van der Waals surface area contributed by atoms with Crippen molar-refractivity contribution in [3.8, 4) is 11.3 Å². The minimum absolute atomic E-state index is 0.762. The van der Waals surface area contributed by atoms with Crippen LogP contribution < -0.4 is 5.32 Å². The number of piperidine rings is 1. The monoisotopic (exact) mass is 253 g/mol. The second kappa shape index (κ2) is 5.93. The van der Waals surface area contributed by atoms with Crippen molar-refractivity contribution in [2.24, 2.45) is 5.92 Å². The van der Waals surface area contributed by atoms with E-state index in [0.717, 1.165) is 42.4 Å². The standard InChI is InChI=1S/C16H19N3/c1-2-4-14(5-3-1)16-7-6-15(18-19-16)12-13-8-10-17-11-9-13/h1-7,13,17H,8-12H2. The quantitative estimate of drug-likeness (QED) is 0.914. The summed E-state index contributed by atoms with van der Waals surface area (Å²) in [4.78, 5) is 0. The van der Waals surface area contributed by atoms with Gasteiger partial charge >= 0.3 is 0 Å². The van der Waals surface area contributed by atoms with E-state index in [1.54, 1.807) is 0 Å². The van der Waals surface area contributed by atoms with E-state index in [0.29, 0.717) is 0 Å². The molecular formula is C16H19N3.